The topological polar surface area (TPSA) is 57.3 Å². The number of aromatic nitrogens is 1. The van der Waals surface area contributed by atoms with Crippen LogP contribution in [0.15, 0.2) is 24.4 Å². The number of amides is 1. The molecule has 0 atom stereocenters. The average molecular weight is 381 g/mol. The van der Waals surface area contributed by atoms with Crippen LogP contribution in [0.5, 0.6) is 0 Å². The molecule has 0 spiro atoms. The summed E-state index contributed by atoms with van der Waals surface area (Å²) in [5.41, 5.74) is 1.02. The first-order valence-corrected chi connectivity index (χ1v) is 8.67. The second-order valence-electron chi connectivity index (χ2n) is 5.11. The Bertz CT molecular complexity index is 419. The number of piperazine rings is 1. The van der Waals surface area contributed by atoms with Crippen LogP contribution < -0.4 is 10.6 Å². The van der Waals surface area contributed by atoms with Crippen molar-refractivity contribution in [3.8, 4) is 0 Å². The molecule has 2 rings (SSSR count). The summed E-state index contributed by atoms with van der Waals surface area (Å²) in [5.74, 6) is 1.41. The van der Waals surface area contributed by atoms with Crippen molar-refractivity contribution in [2.45, 2.75) is 12.2 Å². The van der Waals surface area contributed by atoms with Gasteiger partial charge in [-0.15, -0.1) is 36.6 Å². The SMILES string of the molecule is Cl.Cl.O=C(CSCc1ccccn1)NCCCN1CCNCC1. The van der Waals surface area contributed by atoms with E-state index in [2.05, 4.69) is 20.5 Å². The monoisotopic (exact) mass is 380 g/mol. The molecule has 0 bridgehead atoms. The van der Waals surface area contributed by atoms with Crippen LogP contribution in [0.4, 0.5) is 0 Å². The van der Waals surface area contributed by atoms with Gasteiger partial charge in [0.05, 0.1) is 11.4 Å². The van der Waals surface area contributed by atoms with E-state index >= 15 is 0 Å². The first-order valence-electron chi connectivity index (χ1n) is 7.52. The minimum Gasteiger partial charge on any atom is -0.355 e. The lowest BCUT2D eigenvalue weighted by Crippen LogP contribution is -2.44. The quantitative estimate of drug-likeness (QED) is 0.670. The van der Waals surface area contributed by atoms with Gasteiger partial charge in [-0.2, -0.15) is 0 Å². The zero-order chi connectivity index (χ0) is 14.8. The number of hydrogen-bond acceptors (Lipinski definition) is 5. The number of nitrogens with zero attached hydrogens (tertiary/aromatic N) is 2. The fourth-order valence-electron chi connectivity index (χ4n) is 2.25. The number of nitrogens with one attached hydrogen (secondary N) is 2. The minimum absolute atomic E-state index is 0. The molecule has 23 heavy (non-hydrogen) atoms. The second-order valence-corrected chi connectivity index (χ2v) is 6.09. The van der Waals surface area contributed by atoms with E-state index in [1.54, 1.807) is 18.0 Å². The third-order valence-corrected chi connectivity index (χ3v) is 4.36. The number of carbonyl (C=O) groups excluding carboxylic acids is 1. The van der Waals surface area contributed by atoms with Gasteiger partial charge in [-0.05, 0) is 25.1 Å². The van der Waals surface area contributed by atoms with Crippen molar-refractivity contribution < 1.29 is 4.79 Å². The number of rotatable bonds is 8. The molecule has 5 nitrogen and oxygen atoms in total. The van der Waals surface area contributed by atoms with Gasteiger partial charge >= 0.3 is 0 Å². The highest BCUT2D eigenvalue weighted by Gasteiger charge is 2.08. The predicted molar refractivity (Wildman–Crippen MR) is 102 cm³/mol. The molecule has 8 heteroatoms. The summed E-state index contributed by atoms with van der Waals surface area (Å²) in [6.07, 6.45) is 2.81. The van der Waals surface area contributed by atoms with Crippen molar-refractivity contribution in [1.29, 1.82) is 0 Å². The standard InChI is InChI=1S/C15H24N4OS.2ClH/c20-15(13-21-12-14-4-1-2-5-17-14)18-6-3-9-19-10-7-16-8-11-19;;/h1-2,4-5,16H,3,6-13H2,(H,18,20);2*1H. The molecule has 1 aliphatic rings. The smallest absolute Gasteiger partial charge is 0.230 e. The van der Waals surface area contributed by atoms with Crippen LogP contribution in [0.2, 0.25) is 0 Å². The maximum Gasteiger partial charge on any atom is 0.230 e. The van der Waals surface area contributed by atoms with Crippen LogP contribution in [0.3, 0.4) is 0 Å². The van der Waals surface area contributed by atoms with Crippen LogP contribution in [-0.4, -0.2) is 60.8 Å². The summed E-state index contributed by atoms with van der Waals surface area (Å²) >= 11 is 1.61. The van der Waals surface area contributed by atoms with E-state index in [-0.39, 0.29) is 30.7 Å². The van der Waals surface area contributed by atoms with Crippen molar-refractivity contribution in [1.82, 2.24) is 20.5 Å². The lowest BCUT2D eigenvalue weighted by molar-refractivity contribution is -0.118. The number of pyridine rings is 1. The van der Waals surface area contributed by atoms with Gasteiger partial charge in [0.15, 0.2) is 0 Å². The first kappa shape index (κ1) is 22.5. The Balaban J connectivity index is 0.00000242. The molecule has 0 aliphatic carbocycles. The molecule has 1 fully saturated rings. The zero-order valence-corrected chi connectivity index (χ0v) is 15.7. The van der Waals surface area contributed by atoms with Crippen molar-refractivity contribution in [2.24, 2.45) is 0 Å². The van der Waals surface area contributed by atoms with Crippen molar-refractivity contribution in [2.75, 3.05) is 45.0 Å². The molecule has 2 heterocycles. The van der Waals surface area contributed by atoms with Gasteiger partial charge < -0.3 is 15.5 Å². The van der Waals surface area contributed by atoms with E-state index < -0.39 is 0 Å². The largest absolute Gasteiger partial charge is 0.355 e. The first-order chi connectivity index (χ1) is 10.3. The maximum atomic E-state index is 11.7. The Kier molecular flexibility index (Phi) is 13.5. The third kappa shape index (κ3) is 10.0. The molecule has 0 saturated carbocycles. The maximum absolute atomic E-state index is 11.7. The summed E-state index contributed by atoms with van der Waals surface area (Å²) in [6, 6.07) is 5.86. The molecule has 0 unspecified atom stereocenters. The average Bonchev–Trinajstić information content (AvgIpc) is 2.54. The fraction of sp³-hybridized carbons (Fsp3) is 0.600. The van der Waals surface area contributed by atoms with E-state index in [1.807, 2.05) is 18.2 Å². The van der Waals surface area contributed by atoms with Crippen LogP contribution in [0.25, 0.3) is 0 Å². The normalized spacial score (nSPS) is 14.4. The Morgan fingerprint density at radius 2 is 2.09 bits per heavy atom. The molecule has 1 aromatic heterocycles. The molecule has 0 aromatic carbocycles. The van der Waals surface area contributed by atoms with E-state index in [4.69, 9.17) is 0 Å². The summed E-state index contributed by atoms with van der Waals surface area (Å²) in [6.45, 7) is 6.24. The van der Waals surface area contributed by atoms with Crippen molar-refractivity contribution >= 4 is 42.5 Å². The van der Waals surface area contributed by atoms with Gasteiger partial charge in [-0.1, -0.05) is 6.07 Å². The molecule has 0 radical (unpaired) electrons. The lowest BCUT2D eigenvalue weighted by atomic mass is 10.3. The molecule has 1 aromatic rings. The van der Waals surface area contributed by atoms with E-state index in [0.717, 1.165) is 57.1 Å². The Labute approximate surface area is 155 Å². The van der Waals surface area contributed by atoms with Crippen LogP contribution >= 0.6 is 36.6 Å². The molecule has 132 valence electrons. The highest BCUT2D eigenvalue weighted by molar-refractivity contribution is 7.99. The Morgan fingerprint density at radius 3 is 2.78 bits per heavy atom. The molecular weight excluding hydrogens is 355 g/mol. The number of carbonyl (C=O) groups is 1. The lowest BCUT2D eigenvalue weighted by Gasteiger charge is -2.27. The van der Waals surface area contributed by atoms with Gasteiger partial charge in [0.1, 0.15) is 0 Å². The Morgan fingerprint density at radius 1 is 1.30 bits per heavy atom. The van der Waals surface area contributed by atoms with Gasteiger partial charge in [0.2, 0.25) is 5.91 Å². The molecule has 1 aliphatic heterocycles. The van der Waals surface area contributed by atoms with E-state index in [0.29, 0.717) is 5.75 Å². The van der Waals surface area contributed by atoms with Gasteiger partial charge in [0, 0.05) is 44.7 Å². The van der Waals surface area contributed by atoms with Gasteiger partial charge in [-0.25, -0.2) is 0 Å². The molecule has 1 amide bonds. The zero-order valence-electron chi connectivity index (χ0n) is 13.2. The summed E-state index contributed by atoms with van der Waals surface area (Å²) < 4.78 is 0. The number of thioether (sulfide) groups is 1. The molecular formula is C15H26Cl2N4OS. The number of halogens is 2. The van der Waals surface area contributed by atoms with E-state index in [9.17, 15) is 4.79 Å². The Hall–Kier alpha value is -0.530. The summed E-state index contributed by atoms with van der Waals surface area (Å²) in [4.78, 5) is 18.4. The van der Waals surface area contributed by atoms with Crippen molar-refractivity contribution in [3.05, 3.63) is 30.1 Å². The second kappa shape index (κ2) is 13.9. The molecule has 1 saturated heterocycles. The number of hydrogen-bond donors (Lipinski definition) is 2. The van der Waals surface area contributed by atoms with Gasteiger partial charge in [0.25, 0.3) is 0 Å². The minimum atomic E-state index is 0. The van der Waals surface area contributed by atoms with Crippen LogP contribution in [0.1, 0.15) is 12.1 Å². The van der Waals surface area contributed by atoms with Crippen molar-refractivity contribution in [3.63, 3.8) is 0 Å². The highest BCUT2D eigenvalue weighted by Crippen LogP contribution is 2.08. The fourth-order valence-corrected chi connectivity index (χ4v) is 3.02. The van der Waals surface area contributed by atoms with E-state index in [1.165, 1.54) is 0 Å². The van der Waals surface area contributed by atoms with Crippen LogP contribution in [-0.2, 0) is 10.5 Å². The third-order valence-electron chi connectivity index (χ3n) is 3.39. The highest BCUT2D eigenvalue weighted by atomic mass is 35.5. The van der Waals surface area contributed by atoms with Crippen LogP contribution in [0, 0.1) is 0 Å². The van der Waals surface area contributed by atoms with Gasteiger partial charge in [-0.3, -0.25) is 9.78 Å². The summed E-state index contributed by atoms with van der Waals surface area (Å²) in [7, 11) is 0. The summed E-state index contributed by atoms with van der Waals surface area (Å²) in [5, 5.41) is 6.33. The molecule has 2 N–H and O–H groups in total. The predicted octanol–water partition coefficient (Wildman–Crippen LogP) is 1.57.